The van der Waals surface area contributed by atoms with Crippen molar-refractivity contribution in [2.75, 3.05) is 0 Å². The highest BCUT2D eigenvalue weighted by molar-refractivity contribution is 6.00. The highest BCUT2D eigenvalue weighted by atomic mass is 16.4. The average Bonchev–Trinajstić information content (AvgIpc) is 2.26. The molecule has 0 bridgehead atoms. The van der Waals surface area contributed by atoms with Gasteiger partial charge in [-0.15, -0.1) is 0 Å². The molecule has 0 fully saturated rings. The molecule has 0 spiro atoms. The predicted octanol–water partition coefficient (Wildman–Crippen LogP) is 1.24. The molecule has 0 saturated carbocycles. The van der Waals surface area contributed by atoms with Gasteiger partial charge in [-0.1, -0.05) is 5.16 Å². The number of hydrogen-bond donors (Lipinski definition) is 1. The Balaban J connectivity index is 3.32. The second kappa shape index (κ2) is 2.97. The van der Waals surface area contributed by atoms with Crippen molar-refractivity contribution in [2.24, 2.45) is 12.2 Å². The van der Waals surface area contributed by atoms with Gasteiger partial charge in [0.05, 0.1) is 11.4 Å². The van der Waals surface area contributed by atoms with Crippen LogP contribution in [-0.2, 0) is 7.05 Å². The van der Waals surface area contributed by atoms with Gasteiger partial charge in [0.15, 0.2) is 0 Å². The number of oxime groups is 1. The Hall–Kier alpha value is -1.32. The van der Waals surface area contributed by atoms with Crippen LogP contribution in [0.4, 0.5) is 0 Å². The van der Waals surface area contributed by atoms with Crippen LogP contribution < -0.4 is 0 Å². The van der Waals surface area contributed by atoms with Crippen LogP contribution in [0.2, 0.25) is 0 Å². The van der Waals surface area contributed by atoms with Crippen molar-refractivity contribution in [3.8, 4) is 0 Å². The predicted molar refractivity (Wildman–Crippen MR) is 46.7 cm³/mol. The smallest absolute Gasteiger partial charge is 0.0873 e. The van der Waals surface area contributed by atoms with Crippen molar-refractivity contribution in [3.05, 3.63) is 17.0 Å². The Bertz CT molecular complexity index is 325. The maximum absolute atomic E-state index is 8.60. The number of aryl methyl sites for hydroxylation is 2. The fourth-order valence-corrected chi connectivity index (χ4v) is 1.35. The molecule has 0 amide bonds. The molecule has 1 heterocycles. The zero-order valence-corrected chi connectivity index (χ0v) is 7.79. The lowest BCUT2D eigenvalue weighted by atomic mass is 10.1. The third-order valence-corrected chi connectivity index (χ3v) is 2.02. The minimum Gasteiger partial charge on any atom is -0.411 e. The van der Waals surface area contributed by atoms with Gasteiger partial charge in [0.1, 0.15) is 0 Å². The van der Waals surface area contributed by atoms with Crippen molar-refractivity contribution in [1.29, 1.82) is 0 Å². The first kappa shape index (κ1) is 8.77. The molecule has 1 aromatic rings. The zero-order chi connectivity index (χ0) is 9.30. The highest BCUT2D eigenvalue weighted by Gasteiger charge is 2.11. The first-order valence-electron chi connectivity index (χ1n) is 3.77. The SMILES string of the molecule is C/C(=N/O)c1c(C)nn(C)c1C. The normalized spacial score (nSPS) is 12.2. The van der Waals surface area contributed by atoms with Crippen LogP contribution in [0.25, 0.3) is 0 Å². The third-order valence-electron chi connectivity index (χ3n) is 2.02. The molecular weight excluding hydrogens is 154 g/mol. The minimum atomic E-state index is 0.609. The lowest BCUT2D eigenvalue weighted by Crippen LogP contribution is -1.99. The van der Waals surface area contributed by atoms with E-state index in [9.17, 15) is 0 Å². The van der Waals surface area contributed by atoms with Crippen LogP contribution in [0.3, 0.4) is 0 Å². The maximum Gasteiger partial charge on any atom is 0.0873 e. The molecule has 4 nitrogen and oxygen atoms in total. The maximum atomic E-state index is 8.60. The van der Waals surface area contributed by atoms with Crippen LogP contribution in [0.5, 0.6) is 0 Å². The van der Waals surface area contributed by atoms with Gasteiger partial charge in [0.25, 0.3) is 0 Å². The van der Waals surface area contributed by atoms with Crippen molar-refractivity contribution in [2.45, 2.75) is 20.8 Å². The summed E-state index contributed by atoms with van der Waals surface area (Å²) in [6, 6.07) is 0. The van der Waals surface area contributed by atoms with Gasteiger partial charge in [-0.05, 0) is 20.8 Å². The van der Waals surface area contributed by atoms with Crippen LogP contribution in [0.15, 0.2) is 5.16 Å². The van der Waals surface area contributed by atoms with Gasteiger partial charge in [-0.25, -0.2) is 0 Å². The molecule has 1 aromatic heterocycles. The summed E-state index contributed by atoms with van der Waals surface area (Å²) in [5.41, 5.74) is 3.45. The number of rotatable bonds is 1. The quantitative estimate of drug-likeness (QED) is 0.388. The van der Waals surface area contributed by atoms with Gasteiger partial charge >= 0.3 is 0 Å². The van der Waals surface area contributed by atoms with Gasteiger partial charge in [-0.2, -0.15) is 5.10 Å². The number of aromatic nitrogens is 2. The standard InChI is InChI=1S/C8H13N3O/c1-5-8(6(2)10-12)7(3)11(4)9-5/h12H,1-4H3/b10-6-. The van der Waals surface area contributed by atoms with Gasteiger partial charge in [-0.3, -0.25) is 4.68 Å². The summed E-state index contributed by atoms with van der Waals surface area (Å²) in [4.78, 5) is 0. The Morgan fingerprint density at radius 1 is 1.50 bits per heavy atom. The molecule has 0 aliphatic heterocycles. The van der Waals surface area contributed by atoms with Gasteiger partial charge in [0, 0.05) is 18.3 Å². The number of nitrogens with zero attached hydrogens (tertiary/aromatic N) is 3. The monoisotopic (exact) mass is 167 g/mol. The third kappa shape index (κ3) is 1.20. The van der Waals surface area contributed by atoms with Crippen molar-refractivity contribution >= 4 is 5.71 Å². The molecule has 0 aliphatic carbocycles. The zero-order valence-electron chi connectivity index (χ0n) is 7.79. The molecule has 4 heteroatoms. The van der Waals surface area contributed by atoms with Crippen LogP contribution in [0.1, 0.15) is 23.9 Å². The second-order valence-electron chi connectivity index (χ2n) is 2.85. The van der Waals surface area contributed by atoms with E-state index < -0.39 is 0 Å². The fraction of sp³-hybridized carbons (Fsp3) is 0.500. The molecule has 66 valence electrons. The molecule has 0 aromatic carbocycles. The first-order valence-corrected chi connectivity index (χ1v) is 3.77. The van der Waals surface area contributed by atoms with Crippen molar-refractivity contribution < 1.29 is 5.21 Å². The summed E-state index contributed by atoms with van der Waals surface area (Å²) in [7, 11) is 1.87. The molecule has 12 heavy (non-hydrogen) atoms. The molecule has 1 rings (SSSR count). The van der Waals surface area contributed by atoms with E-state index in [4.69, 9.17) is 5.21 Å². The molecule has 1 N–H and O–H groups in total. The Morgan fingerprint density at radius 3 is 2.42 bits per heavy atom. The largest absolute Gasteiger partial charge is 0.411 e. The summed E-state index contributed by atoms with van der Waals surface area (Å²) in [5, 5.41) is 16.0. The Morgan fingerprint density at radius 2 is 2.08 bits per heavy atom. The Labute approximate surface area is 71.5 Å². The molecule has 0 atom stereocenters. The summed E-state index contributed by atoms with van der Waals surface area (Å²) < 4.78 is 1.78. The Kier molecular flexibility index (Phi) is 2.17. The van der Waals surface area contributed by atoms with Gasteiger partial charge < -0.3 is 5.21 Å². The summed E-state index contributed by atoms with van der Waals surface area (Å²) in [5.74, 6) is 0. The van der Waals surface area contributed by atoms with E-state index in [2.05, 4.69) is 10.3 Å². The molecular formula is C8H13N3O. The van der Waals surface area contributed by atoms with E-state index in [0.717, 1.165) is 17.0 Å². The van der Waals surface area contributed by atoms with Crippen molar-refractivity contribution in [1.82, 2.24) is 9.78 Å². The average molecular weight is 167 g/mol. The van der Waals surface area contributed by atoms with Crippen LogP contribution in [-0.4, -0.2) is 20.7 Å². The topological polar surface area (TPSA) is 50.4 Å². The van der Waals surface area contributed by atoms with E-state index in [-0.39, 0.29) is 0 Å². The van der Waals surface area contributed by atoms with E-state index in [0.29, 0.717) is 5.71 Å². The van der Waals surface area contributed by atoms with Crippen LogP contribution in [0, 0.1) is 13.8 Å². The molecule has 0 aliphatic rings. The summed E-state index contributed by atoms with van der Waals surface area (Å²) in [6.45, 7) is 5.61. The lowest BCUT2D eigenvalue weighted by Gasteiger charge is -1.97. The molecule has 0 radical (unpaired) electrons. The molecule has 0 unspecified atom stereocenters. The van der Waals surface area contributed by atoms with Crippen LogP contribution >= 0.6 is 0 Å². The second-order valence-corrected chi connectivity index (χ2v) is 2.85. The summed E-state index contributed by atoms with van der Waals surface area (Å²) in [6.07, 6.45) is 0. The van der Waals surface area contributed by atoms with E-state index >= 15 is 0 Å². The van der Waals surface area contributed by atoms with Gasteiger partial charge in [0.2, 0.25) is 0 Å². The van der Waals surface area contributed by atoms with E-state index in [1.165, 1.54) is 0 Å². The highest BCUT2D eigenvalue weighted by Crippen LogP contribution is 2.12. The summed E-state index contributed by atoms with van der Waals surface area (Å²) >= 11 is 0. The molecule has 0 saturated heterocycles. The fourth-order valence-electron chi connectivity index (χ4n) is 1.35. The first-order chi connectivity index (χ1) is 5.57. The number of hydrogen-bond acceptors (Lipinski definition) is 3. The van der Waals surface area contributed by atoms with E-state index in [1.54, 1.807) is 11.6 Å². The van der Waals surface area contributed by atoms with Crippen molar-refractivity contribution in [3.63, 3.8) is 0 Å². The van der Waals surface area contributed by atoms with E-state index in [1.807, 2.05) is 20.9 Å². The minimum absolute atomic E-state index is 0.609. The lowest BCUT2D eigenvalue weighted by molar-refractivity contribution is 0.319.